The van der Waals surface area contributed by atoms with Gasteiger partial charge in [0.25, 0.3) is 5.69 Å². The number of aryl methyl sites for hydroxylation is 1. The van der Waals surface area contributed by atoms with Crippen LogP contribution in [0.1, 0.15) is 5.56 Å². The number of benzene rings is 1. The van der Waals surface area contributed by atoms with E-state index in [1.165, 1.54) is 11.1 Å². The van der Waals surface area contributed by atoms with E-state index < -0.39 is 0 Å². The largest absolute Gasteiger partial charge is 0.250 e. The molecule has 0 radical (unpaired) electrons. The molecule has 0 atom stereocenters. The second kappa shape index (κ2) is 5.21. The summed E-state index contributed by atoms with van der Waals surface area (Å²) < 4.78 is 2.14. The first-order chi connectivity index (χ1) is 9.77. The Morgan fingerprint density at radius 2 is 1.50 bits per heavy atom. The monoisotopic (exact) mass is 262 g/mol. The van der Waals surface area contributed by atoms with E-state index in [0.29, 0.717) is 0 Å². The third-order valence-corrected chi connectivity index (χ3v) is 3.45. The van der Waals surface area contributed by atoms with Gasteiger partial charge in [0.2, 0.25) is 11.5 Å². The molecule has 0 amide bonds. The van der Waals surface area contributed by atoms with Crippen molar-refractivity contribution in [2.24, 2.45) is 7.05 Å². The third-order valence-electron chi connectivity index (χ3n) is 3.45. The molecule has 0 aliphatic carbocycles. The van der Waals surface area contributed by atoms with E-state index >= 15 is 0 Å². The van der Waals surface area contributed by atoms with Crippen molar-refractivity contribution in [2.75, 3.05) is 0 Å². The summed E-state index contributed by atoms with van der Waals surface area (Å²) in [6.45, 7) is 2.13. The maximum atomic E-state index is 4.34. The lowest BCUT2D eigenvalue weighted by Gasteiger charge is -2.06. The Hall–Kier alpha value is -2.55. The standard InChI is InChI=1S/C17H16N3/c1-13-7-3-4-8-14(13)15-9-5-10-16(20(15)2)17-18-11-6-12-19-17/h3-12H,1-2H3/q+1. The Bertz CT molecular complexity index is 736. The summed E-state index contributed by atoms with van der Waals surface area (Å²) in [5.41, 5.74) is 4.65. The van der Waals surface area contributed by atoms with Gasteiger partial charge in [-0.05, 0) is 30.7 Å². The van der Waals surface area contributed by atoms with Gasteiger partial charge in [-0.15, -0.1) is 0 Å². The van der Waals surface area contributed by atoms with Crippen LogP contribution in [0.4, 0.5) is 0 Å². The number of hydrogen-bond donors (Lipinski definition) is 0. The molecule has 2 heterocycles. The number of nitrogens with zero attached hydrogens (tertiary/aromatic N) is 3. The molecule has 98 valence electrons. The summed E-state index contributed by atoms with van der Waals surface area (Å²) in [5, 5.41) is 0. The molecule has 3 heteroatoms. The van der Waals surface area contributed by atoms with Crippen molar-refractivity contribution in [3.8, 4) is 22.8 Å². The highest BCUT2D eigenvalue weighted by molar-refractivity contribution is 5.62. The zero-order valence-corrected chi connectivity index (χ0v) is 11.6. The van der Waals surface area contributed by atoms with E-state index in [-0.39, 0.29) is 0 Å². The van der Waals surface area contributed by atoms with Crippen LogP contribution in [-0.2, 0) is 7.05 Å². The fraction of sp³-hybridized carbons (Fsp3) is 0.118. The highest BCUT2D eigenvalue weighted by Gasteiger charge is 2.18. The summed E-state index contributed by atoms with van der Waals surface area (Å²) >= 11 is 0. The van der Waals surface area contributed by atoms with Crippen LogP contribution in [0.3, 0.4) is 0 Å². The molecule has 0 unspecified atom stereocenters. The molecule has 3 aromatic rings. The minimum absolute atomic E-state index is 0.741. The number of aromatic nitrogens is 3. The minimum Gasteiger partial charge on any atom is -0.231 e. The molecule has 0 saturated heterocycles. The molecule has 0 saturated carbocycles. The lowest BCUT2D eigenvalue weighted by atomic mass is 10.0. The van der Waals surface area contributed by atoms with E-state index in [2.05, 4.69) is 51.8 Å². The van der Waals surface area contributed by atoms with Crippen LogP contribution in [0.15, 0.2) is 60.9 Å². The molecular formula is C17H16N3+. The molecule has 0 aliphatic rings. The van der Waals surface area contributed by atoms with Gasteiger partial charge in [0.05, 0.1) is 0 Å². The smallest absolute Gasteiger partial charge is 0.231 e. The van der Waals surface area contributed by atoms with Gasteiger partial charge in [-0.3, -0.25) is 0 Å². The first-order valence-electron chi connectivity index (χ1n) is 6.60. The molecule has 0 fully saturated rings. The Kier molecular flexibility index (Phi) is 3.25. The summed E-state index contributed by atoms with van der Waals surface area (Å²) in [6.07, 6.45) is 3.53. The van der Waals surface area contributed by atoms with Crippen molar-refractivity contribution < 1.29 is 4.57 Å². The molecule has 1 aromatic carbocycles. The van der Waals surface area contributed by atoms with Crippen LogP contribution in [0.5, 0.6) is 0 Å². The predicted molar refractivity (Wildman–Crippen MR) is 78.8 cm³/mol. The maximum Gasteiger partial charge on any atom is 0.250 e. The van der Waals surface area contributed by atoms with Crippen molar-refractivity contribution >= 4 is 0 Å². The van der Waals surface area contributed by atoms with E-state index in [0.717, 1.165) is 17.2 Å². The van der Waals surface area contributed by atoms with Crippen molar-refractivity contribution in [2.45, 2.75) is 6.92 Å². The Morgan fingerprint density at radius 3 is 2.25 bits per heavy atom. The first-order valence-corrected chi connectivity index (χ1v) is 6.60. The van der Waals surface area contributed by atoms with Gasteiger partial charge < -0.3 is 0 Å². The minimum atomic E-state index is 0.741. The normalized spacial score (nSPS) is 10.5. The molecule has 2 aromatic heterocycles. The number of rotatable bonds is 2. The summed E-state index contributed by atoms with van der Waals surface area (Å²) in [4.78, 5) is 8.67. The van der Waals surface area contributed by atoms with Gasteiger partial charge in [0, 0.05) is 30.1 Å². The molecule has 0 N–H and O–H groups in total. The van der Waals surface area contributed by atoms with Crippen molar-refractivity contribution in [3.05, 3.63) is 66.5 Å². The summed E-state index contributed by atoms with van der Waals surface area (Å²) in [5.74, 6) is 0.741. The van der Waals surface area contributed by atoms with Crippen molar-refractivity contribution in [1.82, 2.24) is 9.97 Å². The second-order valence-corrected chi connectivity index (χ2v) is 4.74. The Labute approximate surface area is 118 Å². The molecule has 0 bridgehead atoms. The van der Waals surface area contributed by atoms with E-state index in [9.17, 15) is 0 Å². The van der Waals surface area contributed by atoms with Gasteiger partial charge >= 0.3 is 0 Å². The van der Waals surface area contributed by atoms with Gasteiger partial charge in [-0.25, -0.2) is 9.97 Å². The SMILES string of the molecule is Cc1ccccc1-c1cccc(-c2ncccn2)[n+]1C. The Balaban J connectivity index is 2.19. The fourth-order valence-corrected chi connectivity index (χ4v) is 2.37. The molecule has 0 spiro atoms. The quantitative estimate of drug-likeness (QED) is 0.665. The van der Waals surface area contributed by atoms with E-state index in [1.807, 2.05) is 25.2 Å². The van der Waals surface area contributed by atoms with Gasteiger partial charge in [-0.2, -0.15) is 4.57 Å². The molecular weight excluding hydrogens is 246 g/mol. The topological polar surface area (TPSA) is 29.7 Å². The van der Waals surface area contributed by atoms with Gasteiger partial charge in [0.15, 0.2) is 0 Å². The number of hydrogen-bond acceptors (Lipinski definition) is 2. The zero-order valence-electron chi connectivity index (χ0n) is 11.6. The summed E-state index contributed by atoms with van der Waals surface area (Å²) in [6, 6.07) is 16.4. The fourth-order valence-electron chi connectivity index (χ4n) is 2.37. The van der Waals surface area contributed by atoms with E-state index in [4.69, 9.17) is 0 Å². The van der Waals surface area contributed by atoms with E-state index in [1.54, 1.807) is 12.4 Å². The Morgan fingerprint density at radius 1 is 0.800 bits per heavy atom. The van der Waals surface area contributed by atoms with Crippen LogP contribution >= 0.6 is 0 Å². The van der Waals surface area contributed by atoms with Crippen molar-refractivity contribution in [3.63, 3.8) is 0 Å². The van der Waals surface area contributed by atoms with Crippen LogP contribution in [-0.4, -0.2) is 9.97 Å². The predicted octanol–water partition coefficient (Wildman–Crippen LogP) is 2.94. The second-order valence-electron chi connectivity index (χ2n) is 4.74. The lowest BCUT2D eigenvalue weighted by Crippen LogP contribution is -2.34. The average Bonchev–Trinajstić information content (AvgIpc) is 2.49. The lowest BCUT2D eigenvalue weighted by molar-refractivity contribution is -0.649. The van der Waals surface area contributed by atoms with Crippen molar-refractivity contribution in [1.29, 1.82) is 0 Å². The zero-order chi connectivity index (χ0) is 13.9. The molecule has 3 nitrogen and oxygen atoms in total. The van der Waals surface area contributed by atoms with Crippen LogP contribution < -0.4 is 4.57 Å². The maximum absolute atomic E-state index is 4.34. The molecule has 3 rings (SSSR count). The number of pyridine rings is 1. The highest BCUT2D eigenvalue weighted by Crippen LogP contribution is 2.21. The van der Waals surface area contributed by atoms with Crippen LogP contribution in [0, 0.1) is 6.92 Å². The third kappa shape index (κ3) is 2.18. The van der Waals surface area contributed by atoms with Crippen LogP contribution in [0.2, 0.25) is 0 Å². The molecule has 0 aliphatic heterocycles. The average molecular weight is 262 g/mol. The van der Waals surface area contributed by atoms with Gasteiger partial charge in [0.1, 0.15) is 7.05 Å². The molecule has 20 heavy (non-hydrogen) atoms. The van der Waals surface area contributed by atoms with Gasteiger partial charge in [-0.1, -0.05) is 18.2 Å². The summed E-state index contributed by atoms with van der Waals surface area (Å²) in [7, 11) is 2.05. The highest BCUT2D eigenvalue weighted by atomic mass is 15.0. The first kappa shape index (κ1) is 12.5. The van der Waals surface area contributed by atoms with Crippen LogP contribution in [0.25, 0.3) is 22.8 Å².